The van der Waals surface area contributed by atoms with Gasteiger partial charge in [-0.3, -0.25) is 4.99 Å². The topological polar surface area (TPSA) is 81.3 Å². The summed E-state index contributed by atoms with van der Waals surface area (Å²) in [5.74, 6) is 1.69. The van der Waals surface area contributed by atoms with Gasteiger partial charge in [0.2, 0.25) is 5.88 Å². The van der Waals surface area contributed by atoms with E-state index in [-0.39, 0.29) is 6.54 Å². The first-order valence-corrected chi connectivity index (χ1v) is 12.0. The van der Waals surface area contributed by atoms with Crippen molar-refractivity contribution in [3.8, 4) is 17.3 Å². The molecule has 1 unspecified atom stereocenters. The second-order valence-electron chi connectivity index (χ2n) is 9.42. The van der Waals surface area contributed by atoms with Crippen molar-refractivity contribution in [3.05, 3.63) is 65.9 Å². The Bertz CT molecular complexity index is 1490. The molecular weight excluding hydrogens is 483 g/mol. The molecule has 0 bridgehead atoms. The summed E-state index contributed by atoms with van der Waals surface area (Å²) in [7, 11) is 3.20. The van der Waals surface area contributed by atoms with Crippen LogP contribution in [0.4, 0.5) is 13.2 Å². The summed E-state index contributed by atoms with van der Waals surface area (Å²) in [4.78, 5) is 23.7. The first-order valence-electron chi connectivity index (χ1n) is 12.0. The molecule has 1 saturated carbocycles. The molecule has 1 aliphatic carbocycles. The zero-order valence-corrected chi connectivity index (χ0v) is 20.3. The van der Waals surface area contributed by atoms with Crippen LogP contribution in [0.5, 0.6) is 5.88 Å². The minimum Gasteiger partial charge on any atom is -0.480 e. The van der Waals surface area contributed by atoms with Crippen LogP contribution in [0.1, 0.15) is 35.6 Å². The molecule has 6 rings (SSSR count). The van der Waals surface area contributed by atoms with Crippen molar-refractivity contribution >= 4 is 16.9 Å². The maximum atomic E-state index is 13.1. The van der Waals surface area contributed by atoms with Gasteiger partial charge in [0.05, 0.1) is 19.3 Å². The Labute approximate surface area is 210 Å². The zero-order valence-electron chi connectivity index (χ0n) is 20.3. The van der Waals surface area contributed by atoms with Crippen LogP contribution in [0, 0.1) is 0 Å². The second-order valence-corrected chi connectivity index (χ2v) is 9.42. The first-order chi connectivity index (χ1) is 17.8. The average Bonchev–Trinajstić information content (AvgIpc) is 3.55. The molecule has 4 heterocycles. The minimum atomic E-state index is -4.35. The molecule has 1 aliphatic heterocycles. The molecule has 11 heteroatoms. The Hall–Kier alpha value is -4.02. The van der Waals surface area contributed by atoms with E-state index in [1.165, 1.54) is 6.33 Å². The number of fused-ring (bicyclic) bond motifs is 1. The van der Waals surface area contributed by atoms with Crippen LogP contribution in [-0.2, 0) is 6.54 Å². The molecule has 37 heavy (non-hydrogen) atoms. The molecule has 0 spiro atoms. The smallest absolute Gasteiger partial charge is 0.412 e. The summed E-state index contributed by atoms with van der Waals surface area (Å²) < 4.78 is 46.9. The monoisotopic (exact) mass is 507 g/mol. The van der Waals surface area contributed by atoms with Gasteiger partial charge >= 0.3 is 6.18 Å². The Morgan fingerprint density at radius 2 is 1.84 bits per heavy atom. The Morgan fingerprint density at radius 3 is 2.51 bits per heavy atom. The number of aromatic nitrogens is 5. The maximum absolute atomic E-state index is 13.1. The number of methoxy groups -OCH3 is 1. The van der Waals surface area contributed by atoms with Crippen molar-refractivity contribution in [2.24, 2.45) is 4.99 Å². The van der Waals surface area contributed by atoms with Crippen molar-refractivity contribution in [2.75, 3.05) is 20.7 Å². The van der Waals surface area contributed by atoms with Crippen LogP contribution < -0.4 is 4.74 Å². The lowest BCUT2D eigenvalue weighted by molar-refractivity contribution is -0.145. The third-order valence-corrected chi connectivity index (χ3v) is 6.75. The summed E-state index contributed by atoms with van der Waals surface area (Å²) in [6.07, 6.45) is 3.04. The van der Waals surface area contributed by atoms with Gasteiger partial charge in [-0.2, -0.15) is 13.2 Å². The largest absolute Gasteiger partial charge is 0.480 e. The number of alkyl halides is 3. The van der Waals surface area contributed by atoms with Crippen molar-refractivity contribution in [2.45, 2.75) is 37.5 Å². The van der Waals surface area contributed by atoms with Gasteiger partial charge in [-0.05, 0) is 24.5 Å². The van der Waals surface area contributed by atoms with Crippen LogP contribution in [0.15, 0.2) is 54.0 Å². The fourth-order valence-corrected chi connectivity index (χ4v) is 4.69. The third kappa shape index (κ3) is 4.38. The summed E-state index contributed by atoms with van der Waals surface area (Å²) in [6, 6.07) is 7.68. The Morgan fingerprint density at radius 1 is 1.05 bits per heavy atom. The first kappa shape index (κ1) is 23.4. The van der Waals surface area contributed by atoms with Crippen molar-refractivity contribution < 1.29 is 17.9 Å². The molecule has 190 valence electrons. The van der Waals surface area contributed by atoms with E-state index >= 15 is 0 Å². The molecule has 2 aliphatic rings. The number of likely N-dealkylation sites (N-methyl/N-ethyl adjacent to an activating group) is 1. The van der Waals surface area contributed by atoms with E-state index in [0.29, 0.717) is 35.6 Å². The van der Waals surface area contributed by atoms with Gasteiger partial charge in [0, 0.05) is 42.9 Å². The number of aliphatic imine (C=N–C) groups is 1. The lowest BCUT2D eigenvalue weighted by Crippen LogP contribution is -2.32. The molecule has 0 saturated heterocycles. The molecule has 4 aromatic rings. The molecule has 0 amide bonds. The third-order valence-electron chi connectivity index (χ3n) is 6.75. The summed E-state index contributed by atoms with van der Waals surface area (Å²) >= 11 is 0. The van der Waals surface area contributed by atoms with E-state index in [1.54, 1.807) is 25.3 Å². The molecule has 0 radical (unpaired) electrons. The summed E-state index contributed by atoms with van der Waals surface area (Å²) in [5.41, 5.74) is 4.03. The Balaban J connectivity index is 1.29. The highest BCUT2D eigenvalue weighted by Gasteiger charge is 2.44. The molecular formula is C26H24F3N7O. The molecule has 1 fully saturated rings. The number of halogens is 3. The van der Waals surface area contributed by atoms with Gasteiger partial charge in [0.15, 0.2) is 11.9 Å². The van der Waals surface area contributed by atoms with E-state index < -0.39 is 12.2 Å². The quantitative estimate of drug-likeness (QED) is 0.384. The van der Waals surface area contributed by atoms with Crippen molar-refractivity contribution in [1.29, 1.82) is 0 Å². The van der Waals surface area contributed by atoms with Crippen LogP contribution in [0.25, 0.3) is 22.4 Å². The fraction of sp³-hybridized carbons (Fsp3) is 0.346. The van der Waals surface area contributed by atoms with E-state index in [9.17, 15) is 13.2 Å². The highest BCUT2D eigenvalue weighted by molar-refractivity contribution is 6.00. The van der Waals surface area contributed by atoms with E-state index in [2.05, 4.69) is 19.9 Å². The predicted octanol–water partition coefficient (Wildman–Crippen LogP) is 4.45. The average molecular weight is 508 g/mol. The van der Waals surface area contributed by atoms with Gasteiger partial charge in [-0.15, -0.1) is 0 Å². The standard InChI is InChI=1S/C26H24F3N7O/c1-35-13-19(26(27,28)29)33-23(35)17-5-3-15(4-6-17)12-36-10-9-18-11-30-22(34-24(18)36)20-21(16-7-8-16)31-14-32-25(20)37-2/h3-6,9-11,14,16,19H,7-8,12-13H2,1-2H3. The van der Waals surface area contributed by atoms with Crippen LogP contribution in [0.3, 0.4) is 0 Å². The molecule has 8 nitrogen and oxygen atoms in total. The number of ether oxygens (including phenoxy) is 1. The number of hydrogen-bond acceptors (Lipinski definition) is 7. The Kier molecular flexibility index (Phi) is 5.58. The predicted molar refractivity (Wildman–Crippen MR) is 132 cm³/mol. The highest BCUT2D eigenvalue weighted by atomic mass is 19.4. The number of amidine groups is 1. The van der Waals surface area contributed by atoms with E-state index in [0.717, 1.165) is 40.7 Å². The lowest BCUT2D eigenvalue weighted by atomic mass is 10.1. The molecule has 0 N–H and O–H groups in total. The van der Waals surface area contributed by atoms with Gasteiger partial charge in [-0.25, -0.2) is 19.9 Å². The fourth-order valence-electron chi connectivity index (χ4n) is 4.69. The normalized spacial score (nSPS) is 17.9. The van der Waals surface area contributed by atoms with Crippen LogP contribution in [-0.4, -0.2) is 68.2 Å². The highest BCUT2D eigenvalue weighted by Crippen LogP contribution is 2.44. The maximum Gasteiger partial charge on any atom is 0.412 e. The molecule has 1 aromatic carbocycles. The van der Waals surface area contributed by atoms with Gasteiger partial charge in [0.1, 0.15) is 23.4 Å². The lowest BCUT2D eigenvalue weighted by Gasteiger charge is -2.16. The van der Waals surface area contributed by atoms with Gasteiger partial charge < -0.3 is 14.2 Å². The zero-order chi connectivity index (χ0) is 25.7. The van der Waals surface area contributed by atoms with Crippen molar-refractivity contribution in [3.63, 3.8) is 0 Å². The van der Waals surface area contributed by atoms with E-state index in [4.69, 9.17) is 9.72 Å². The number of benzene rings is 1. The van der Waals surface area contributed by atoms with Gasteiger partial charge in [-0.1, -0.05) is 24.3 Å². The van der Waals surface area contributed by atoms with Crippen LogP contribution >= 0.6 is 0 Å². The second kappa shape index (κ2) is 8.82. The minimum absolute atomic E-state index is 0.169. The number of nitrogens with zero attached hydrogens (tertiary/aromatic N) is 7. The number of hydrogen-bond donors (Lipinski definition) is 0. The van der Waals surface area contributed by atoms with Crippen LogP contribution in [0.2, 0.25) is 0 Å². The van der Waals surface area contributed by atoms with Gasteiger partial charge in [0.25, 0.3) is 0 Å². The summed E-state index contributed by atoms with van der Waals surface area (Å²) in [5, 5.41) is 0.893. The SMILES string of the molecule is COc1ncnc(C2CC2)c1-c1ncc2ccn(Cc3ccc(C4=NC(C(F)(F)F)CN4C)cc3)c2n1. The van der Waals surface area contributed by atoms with Crippen molar-refractivity contribution in [1.82, 2.24) is 29.4 Å². The summed E-state index contributed by atoms with van der Waals surface area (Å²) in [6.45, 7) is 0.364. The number of rotatable bonds is 6. The molecule has 3 aromatic heterocycles. The van der Waals surface area contributed by atoms with E-state index in [1.807, 2.05) is 41.1 Å². The molecule has 1 atom stereocenters.